The molecule has 24 nitrogen and oxygen atoms in total. The highest BCUT2D eigenvalue weighted by Gasteiger charge is 2.50. The molecule has 0 radical (unpaired) electrons. The van der Waals surface area contributed by atoms with Crippen LogP contribution in [0.25, 0.3) is 11.2 Å². The van der Waals surface area contributed by atoms with Gasteiger partial charge in [0, 0.05) is 30.7 Å². The predicted molar refractivity (Wildman–Crippen MR) is 187 cm³/mol. The molecule has 1 aliphatic heterocycles. The summed E-state index contributed by atoms with van der Waals surface area (Å²) in [5.74, 6) is -1.13. The molecule has 54 heavy (non-hydrogen) atoms. The van der Waals surface area contributed by atoms with Crippen molar-refractivity contribution >= 4 is 69.1 Å². The summed E-state index contributed by atoms with van der Waals surface area (Å²) < 4.78 is 62.0. The van der Waals surface area contributed by atoms with Crippen LogP contribution in [0.1, 0.15) is 40.3 Å². The van der Waals surface area contributed by atoms with Crippen molar-refractivity contribution in [1.82, 2.24) is 30.2 Å². The van der Waals surface area contributed by atoms with Crippen molar-refractivity contribution in [3.05, 3.63) is 24.3 Å². The van der Waals surface area contributed by atoms with Gasteiger partial charge in [-0.25, -0.2) is 28.6 Å². The molecule has 7 atom stereocenters. The number of nitrogen functional groups attached to an aromatic ring is 1. The number of nitrogens with one attached hydrogen (secondary N) is 2. The number of phosphoric ester groups is 3. The first kappa shape index (κ1) is 45.7. The van der Waals surface area contributed by atoms with Gasteiger partial charge < -0.3 is 50.9 Å². The Bertz CT molecular complexity index is 1840. The van der Waals surface area contributed by atoms with E-state index in [2.05, 4.69) is 34.4 Å². The highest BCUT2D eigenvalue weighted by Crippen LogP contribution is 2.61. The number of aliphatic hydroxyl groups excluding tert-OH is 2. The van der Waals surface area contributed by atoms with Gasteiger partial charge in [-0.3, -0.25) is 32.5 Å². The summed E-state index contributed by atoms with van der Waals surface area (Å²) in [7, 11) is -16.4. The van der Waals surface area contributed by atoms with Crippen LogP contribution in [0.4, 0.5) is 5.82 Å². The van der Waals surface area contributed by atoms with Crippen LogP contribution >= 0.6 is 35.2 Å². The number of imidazole rings is 1. The molecule has 1 fully saturated rings. The fourth-order valence-electron chi connectivity index (χ4n) is 4.51. The van der Waals surface area contributed by atoms with Gasteiger partial charge in [-0.1, -0.05) is 31.7 Å². The molecule has 2 unspecified atom stereocenters. The quantitative estimate of drug-likeness (QED) is 0.0466. The lowest BCUT2D eigenvalue weighted by atomic mass is 9.87. The highest BCUT2D eigenvalue weighted by molar-refractivity contribution is 8.14. The zero-order valence-electron chi connectivity index (χ0n) is 29.2. The Morgan fingerprint density at radius 3 is 2.41 bits per heavy atom. The Morgan fingerprint density at radius 1 is 1.09 bits per heavy atom. The molecule has 2 amide bonds. The Kier molecular flexibility index (Phi) is 16.0. The van der Waals surface area contributed by atoms with Crippen molar-refractivity contribution in [1.29, 1.82) is 0 Å². The van der Waals surface area contributed by atoms with E-state index >= 15 is 0 Å². The third kappa shape index (κ3) is 13.2. The number of rotatable bonds is 20. The van der Waals surface area contributed by atoms with Gasteiger partial charge in [0.2, 0.25) is 16.9 Å². The van der Waals surface area contributed by atoms with Gasteiger partial charge in [0.25, 0.3) is 0 Å². The van der Waals surface area contributed by atoms with Gasteiger partial charge in [-0.05, 0) is 19.4 Å². The Hall–Kier alpha value is -2.70. The van der Waals surface area contributed by atoms with Crippen molar-refractivity contribution in [3.63, 3.8) is 0 Å². The molecule has 2 aromatic heterocycles. The molecule has 304 valence electrons. The lowest BCUT2D eigenvalue weighted by molar-refractivity contribution is -0.137. The third-order valence-corrected chi connectivity index (χ3v) is 11.6. The van der Waals surface area contributed by atoms with Gasteiger partial charge in [0.15, 0.2) is 17.7 Å². The summed E-state index contributed by atoms with van der Waals surface area (Å²) in [6, 6.07) is 0. The number of phosphoric acid groups is 3. The minimum Gasteiger partial charge on any atom is -0.386 e. The lowest BCUT2D eigenvalue weighted by Crippen LogP contribution is -2.46. The molecule has 1 aliphatic rings. The van der Waals surface area contributed by atoms with E-state index in [9.17, 15) is 57.9 Å². The molecule has 0 spiro atoms. The summed E-state index contributed by atoms with van der Waals surface area (Å²) in [6.45, 7) is 3.88. The molecule has 3 rings (SSSR count). The maximum absolute atomic E-state index is 12.7. The monoisotopic (exact) mass is 849 g/mol. The molecule has 0 saturated carbocycles. The van der Waals surface area contributed by atoms with Gasteiger partial charge in [-0.2, -0.15) is 4.31 Å². The minimum absolute atomic E-state index is 0.0301. The second-order valence-corrected chi connectivity index (χ2v) is 17.5. The Balaban J connectivity index is 1.51. The number of hydrogen-bond acceptors (Lipinski definition) is 18. The van der Waals surface area contributed by atoms with E-state index in [1.807, 2.05) is 0 Å². The number of thioether (sulfide) groups is 1. The second kappa shape index (κ2) is 19.0. The van der Waals surface area contributed by atoms with Crippen molar-refractivity contribution in [2.24, 2.45) is 5.41 Å². The molecule has 0 aliphatic carbocycles. The smallest absolute Gasteiger partial charge is 0.386 e. The third-order valence-electron chi connectivity index (χ3n) is 7.49. The van der Waals surface area contributed by atoms with Crippen molar-refractivity contribution in [3.8, 4) is 0 Å². The fraction of sp³-hybridized carbons (Fsp3) is 0.615. The predicted octanol–water partition coefficient (Wildman–Crippen LogP) is -0.369. The second-order valence-electron chi connectivity index (χ2n) is 12.2. The van der Waals surface area contributed by atoms with Gasteiger partial charge in [0.1, 0.15) is 36.3 Å². The van der Waals surface area contributed by atoms with E-state index in [0.717, 1.165) is 29.0 Å². The van der Waals surface area contributed by atoms with Gasteiger partial charge in [0.05, 0.1) is 19.5 Å². The summed E-state index contributed by atoms with van der Waals surface area (Å²) in [6.07, 6.45) is -5.24. The van der Waals surface area contributed by atoms with E-state index in [4.69, 9.17) is 19.5 Å². The highest BCUT2D eigenvalue weighted by atomic mass is 32.2. The van der Waals surface area contributed by atoms with E-state index in [-0.39, 0.29) is 41.6 Å². The van der Waals surface area contributed by atoms with Crippen LogP contribution in [0.15, 0.2) is 24.3 Å². The number of fused-ring (bicyclic) bond motifs is 1. The van der Waals surface area contributed by atoms with Gasteiger partial charge >= 0.3 is 23.5 Å². The molecule has 28 heteroatoms. The standard InChI is InChI=1S/C26H42N7O17P3S/c1-5-14(2)25(38)54-9-8-28-16(34)6-7-29-23(37)20(36)26(3,4)11-47-53(44,45)50-52(42,43)46-10-15-19(49-51(39,40)41)18(35)24(48-15)33-13-32-17-21(27)30-12-31-22(17)33/h5,12-13,15,18-20,24,35-36H,6-11H2,1-4H3,(H,28,34)(H,29,37)(H,42,43)(H,44,45)(H2,27,30,31)(H2,39,40,41)/b14-5-/t15-,18-,19-,20+,24-/m1/s1. The molecule has 10 N–H and O–H groups in total. The largest absolute Gasteiger partial charge is 0.481 e. The van der Waals surface area contributed by atoms with Crippen LogP contribution < -0.4 is 16.4 Å². The maximum atomic E-state index is 12.7. The average Bonchev–Trinajstić information content (AvgIpc) is 3.64. The number of carbonyl (C=O) groups excluding carboxylic acids is 3. The summed E-state index contributed by atoms with van der Waals surface area (Å²) in [5.41, 5.74) is 4.84. The number of nitrogens with zero attached hydrogens (tertiary/aromatic N) is 4. The van der Waals surface area contributed by atoms with Crippen LogP contribution in [0, 0.1) is 5.41 Å². The topological polar surface area (TPSA) is 364 Å². The van der Waals surface area contributed by atoms with Crippen LogP contribution in [-0.2, 0) is 50.7 Å². The van der Waals surface area contributed by atoms with E-state index in [1.54, 1.807) is 19.9 Å². The zero-order valence-corrected chi connectivity index (χ0v) is 32.7. The number of anilines is 1. The molecular weight excluding hydrogens is 807 g/mol. The number of nitrogens with two attached hydrogens (primary N) is 1. The van der Waals surface area contributed by atoms with Crippen LogP contribution in [0.2, 0.25) is 0 Å². The maximum Gasteiger partial charge on any atom is 0.481 e. The zero-order chi connectivity index (χ0) is 40.6. The Morgan fingerprint density at radius 2 is 1.76 bits per heavy atom. The fourth-order valence-corrected chi connectivity index (χ4v) is 8.07. The van der Waals surface area contributed by atoms with Crippen LogP contribution in [0.3, 0.4) is 0 Å². The average molecular weight is 850 g/mol. The summed E-state index contributed by atoms with van der Waals surface area (Å²) in [5, 5.41) is 26.2. The number of carbonyl (C=O) groups is 3. The molecule has 0 aromatic carbocycles. The first-order valence-electron chi connectivity index (χ1n) is 15.7. The van der Waals surface area contributed by atoms with Crippen molar-refractivity contribution in [2.45, 2.75) is 64.8 Å². The number of ether oxygens (including phenoxy) is 1. The number of allylic oxidation sites excluding steroid dienone is 1. The number of amides is 2. The Labute approximate surface area is 311 Å². The van der Waals surface area contributed by atoms with Gasteiger partial charge in [-0.15, -0.1) is 0 Å². The minimum atomic E-state index is -5.57. The number of aliphatic hydroxyl groups is 2. The lowest BCUT2D eigenvalue weighted by Gasteiger charge is -2.30. The van der Waals surface area contributed by atoms with Crippen LogP contribution in [-0.4, -0.2) is 123 Å². The molecule has 1 saturated heterocycles. The number of aromatic nitrogens is 4. The van der Waals surface area contributed by atoms with Crippen LogP contribution in [0.5, 0.6) is 0 Å². The molecule has 2 aromatic rings. The van der Waals surface area contributed by atoms with E-state index in [1.165, 1.54) is 13.8 Å². The summed E-state index contributed by atoms with van der Waals surface area (Å²) >= 11 is 1.03. The number of hydrogen-bond donors (Lipinski definition) is 9. The van der Waals surface area contributed by atoms with Crippen molar-refractivity contribution < 1.29 is 80.5 Å². The molecule has 0 bridgehead atoms. The summed E-state index contributed by atoms with van der Waals surface area (Å²) in [4.78, 5) is 87.2. The molecule has 3 heterocycles. The normalized spacial score (nSPS) is 22.4. The molecular formula is C26H42N7O17P3S. The van der Waals surface area contributed by atoms with Crippen molar-refractivity contribution in [2.75, 3.05) is 37.8 Å². The first-order chi connectivity index (χ1) is 25.0. The van der Waals surface area contributed by atoms with E-state index in [0.29, 0.717) is 11.3 Å². The van der Waals surface area contributed by atoms with E-state index < -0.39 is 84.6 Å². The first-order valence-corrected chi connectivity index (χ1v) is 21.2. The SMILES string of the molecule is C/C=C(/C)C(=O)SCCNC(=O)CCNC(=O)[C@H](O)C(C)(C)COP(=O)(O)OP(=O)(O)OC[C@H]1O[C@@H](n2cnc3c(N)ncnc32)[C@H](O)[C@@H]1OP(=O)(O)O.